The van der Waals surface area contributed by atoms with Crippen LogP contribution in [-0.4, -0.2) is 16.6 Å². The minimum absolute atomic E-state index is 0.267. The highest BCUT2D eigenvalue weighted by Crippen LogP contribution is 2.25. The second kappa shape index (κ2) is 8.71. The highest BCUT2D eigenvalue weighted by molar-refractivity contribution is 5.60. The first-order valence-electron chi connectivity index (χ1n) is 8.23. The van der Waals surface area contributed by atoms with Gasteiger partial charge in [0.1, 0.15) is 24.8 Å². The Morgan fingerprint density at radius 1 is 1.08 bits per heavy atom. The highest BCUT2D eigenvalue weighted by Gasteiger charge is 2.12. The van der Waals surface area contributed by atoms with Crippen LogP contribution < -0.4 is 4.74 Å². The molecule has 24 heavy (non-hydrogen) atoms. The molecule has 0 amide bonds. The molecule has 0 N–H and O–H groups in total. The van der Waals surface area contributed by atoms with Gasteiger partial charge in [-0.2, -0.15) is 0 Å². The van der Waals surface area contributed by atoms with E-state index in [0.717, 1.165) is 6.42 Å². The molecule has 5 heteroatoms. The molecule has 0 fully saturated rings. The Morgan fingerprint density at radius 3 is 2.54 bits per heavy atom. The molecule has 0 aliphatic heterocycles. The second-order valence-electron chi connectivity index (χ2n) is 6.49. The lowest BCUT2D eigenvalue weighted by Gasteiger charge is -2.16. The Bertz CT molecular complexity index is 662. The Morgan fingerprint density at radius 2 is 1.88 bits per heavy atom. The maximum atomic E-state index is 13.3. The number of hydrogen-bond acceptors (Lipinski definition) is 3. The number of halogens is 2. The van der Waals surface area contributed by atoms with E-state index in [4.69, 9.17) is 4.74 Å². The predicted octanol–water partition coefficient (Wildman–Crippen LogP) is 5.14. The largest absolute Gasteiger partial charge is 0.491 e. The molecule has 130 valence electrons. The van der Waals surface area contributed by atoms with E-state index in [1.807, 2.05) is 0 Å². The lowest BCUT2D eigenvalue weighted by Crippen LogP contribution is -2.12. The van der Waals surface area contributed by atoms with E-state index in [0.29, 0.717) is 41.1 Å². The third-order valence-electron chi connectivity index (χ3n) is 3.71. The van der Waals surface area contributed by atoms with Crippen molar-refractivity contribution in [3.63, 3.8) is 0 Å². The van der Waals surface area contributed by atoms with Crippen molar-refractivity contribution in [2.45, 2.75) is 40.5 Å². The van der Waals surface area contributed by atoms with Gasteiger partial charge in [-0.3, -0.25) is 4.98 Å². The fraction of sp³-hybridized carbons (Fsp3) is 0.474. The number of alkyl halides is 2. The first-order chi connectivity index (χ1) is 11.5. The van der Waals surface area contributed by atoms with Gasteiger partial charge < -0.3 is 4.74 Å². The third-order valence-corrected chi connectivity index (χ3v) is 3.71. The summed E-state index contributed by atoms with van der Waals surface area (Å²) in [7, 11) is 0. The van der Waals surface area contributed by atoms with Gasteiger partial charge in [0, 0.05) is 11.8 Å². The smallest absolute Gasteiger partial charge is 0.143 e. The van der Waals surface area contributed by atoms with Gasteiger partial charge in [0.25, 0.3) is 0 Å². The molecule has 1 atom stereocenters. The summed E-state index contributed by atoms with van der Waals surface area (Å²) in [6, 6.07) is 6.85. The topological polar surface area (TPSA) is 35.0 Å². The van der Waals surface area contributed by atoms with E-state index in [-0.39, 0.29) is 5.69 Å². The van der Waals surface area contributed by atoms with Gasteiger partial charge in [0.2, 0.25) is 0 Å². The van der Waals surface area contributed by atoms with E-state index in [1.165, 1.54) is 6.20 Å². The molecule has 0 unspecified atom stereocenters. The zero-order valence-corrected chi connectivity index (χ0v) is 14.4. The van der Waals surface area contributed by atoms with Gasteiger partial charge in [-0.25, -0.2) is 13.8 Å². The van der Waals surface area contributed by atoms with Crippen LogP contribution in [0, 0.1) is 11.8 Å². The minimum Gasteiger partial charge on any atom is -0.491 e. The molecule has 2 rings (SSSR count). The molecule has 3 nitrogen and oxygen atoms in total. The molecule has 0 bridgehead atoms. The van der Waals surface area contributed by atoms with Gasteiger partial charge in [0.15, 0.2) is 0 Å². The molecule has 0 radical (unpaired) electrons. The molecule has 0 spiro atoms. The van der Waals surface area contributed by atoms with Gasteiger partial charge in [-0.15, -0.1) is 0 Å². The average molecular weight is 334 g/mol. The van der Waals surface area contributed by atoms with Crippen LogP contribution in [0.2, 0.25) is 0 Å². The van der Waals surface area contributed by atoms with Gasteiger partial charge in [-0.1, -0.05) is 20.8 Å². The number of ether oxygens (including phenoxy) is 1. The van der Waals surface area contributed by atoms with Crippen molar-refractivity contribution < 1.29 is 13.5 Å². The minimum atomic E-state index is -0.706. The monoisotopic (exact) mass is 334 g/mol. The molecule has 2 aromatic rings. The molecular formula is C19H24F2N2O. The molecule has 2 aromatic heterocycles. The Labute approximate surface area is 142 Å². The molecule has 0 saturated heterocycles. The van der Waals surface area contributed by atoms with Crippen molar-refractivity contribution in [2.24, 2.45) is 11.8 Å². The molecule has 2 heterocycles. The van der Waals surface area contributed by atoms with Crippen molar-refractivity contribution in [2.75, 3.05) is 6.61 Å². The van der Waals surface area contributed by atoms with Crippen molar-refractivity contribution in [3.8, 4) is 17.0 Å². The Kier molecular flexibility index (Phi) is 6.64. The fourth-order valence-corrected chi connectivity index (χ4v) is 2.69. The maximum Gasteiger partial charge on any atom is 0.143 e. The van der Waals surface area contributed by atoms with Crippen molar-refractivity contribution in [1.82, 2.24) is 9.97 Å². The number of aromatic nitrogens is 2. The predicted molar refractivity (Wildman–Crippen MR) is 91.2 cm³/mol. The summed E-state index contributed by atoms with van der Waals surface area (Å²) in [6.07, 6.45) is 2.58. The summed E-state index contributed by atoms with van der Waals surface area (Å²) < 4.78 is 31.8. The Balaban J connectivity index is 2.15. The van der Waals surface area contributed by atoms with E-state index in [9.17, 15) is 8.78 Å². The van der Waals surface area contributed by atoms with Crippen molar-refractivity contribution >= 4 is 0 Å². The zero-order chi connectivity index (χ0) is 17.5. The highest BCUT2D eigenvalue weighted by atomic mass is 19.1. The summed E-state index contributed by atoms with van der Waals surface area (Å²) >= 11 is 0. The number of pyridine rings is 2. The van der Waals surface area contributed by atoms with Crippen LogP contribution >= 0.6 is 0 Å². The number of nitrogens with zero attached hydrogens (tertiary/aromatic N) is 2. The SMILES string of the molecule is CC(C)C[C@@H](C)COc1ccc(-c2ccnc(CF)c2)nc1CF. The van der Waals surface area contributed by atoms with Crippen molar-refractivity contribution in [3.05, 3.63) is 41.9 Å². The Hall–Kier alpha value is -2.04. The maximum absolute atomic E-state index is 13.3. The van der Waals surface area contributed by atoms with Gasteiger partial charge in [-0.05, 0) is 42.5 Å². The van der Waals surface area contributed by atoms with Crippen LogP contribution in [0.25, 0.3) is 11.3 Å². The van der Waals surface area contributed by atoms with Crippen LogP contribution in [0.4, 0.5) is 8.78 Å². The quantitative estimate of drug-likeness (QED) is 0.670. The summed E-state index contributed by atoms with van der Waals surface area (Å²) in [4.78, 5) is 8.24. The van der Waals surface area contributed by atoms with E-state index in [1.54, 1.807) is 24.3 Å². The second-order valence-corrected chi connectivity index (χ2v) is 6.49. The van der Waals surface area contributed by atoms with Crippen molar-refractivity contribution in [1.29, 1.82) is 0 Å². The fourth-order valence-electron chi connectivity index (χ4n) is 2.69. The lowest BCUT2D eigenvalue weighted by atomic mass is 10.00. The normalized spacial score (nSPS) is 12.4. The summed E-state index contributed by atoms with van der Waals surface area (Å²) in [5.74, 6) is 1.46. The molecule has 0 saturated carbocycles. The lowest BCUT2D eigenvalue weighted by molar-refractivity contribution is 0.234. The number of hydrogen-bond donors (Lipinski definition) is 0. The average Bonchev–Trinajstić information content (AvgIpc) is 2.59. The first kappa shape index (κ1) is 18.3. The standard InChI is InChI=1S/C19H24F2N2O/c1-13(2)8-14(3)12-24-19-5-4-17(23-18(19)11-21)15-6-7-22-16(9-15)10-20/h4-7,9,13-14H,8,10-12H2,1-3H3/t14-/m1/s1. The molecule has 0 aliphatic rings. The van der Waals surface area contributed by atoms with Crippen LogP contribution in [-0.2, 0) is 13.3 Å². The van der Waals surface area contributed by atoms with Crippen LogP contribution in [0.5, 0.6) is 5.75 Å². The molecule has 0 aromatic carbocycles. The molecule has 0 aliphatic carbocycles. The zero-order valence-electron chi connectivity index (χ0n) is 14.4. The van der Waals surface area contributed by atoms with Gasteiger partial charge >= 0.3 is 0 Å². The van der Waals surface area contributed by atoms with E-state index < -0.39 is 13.3 Å². The number of rotatable bonds is 8. The van der Waals surface area contributed by atoms with Crippen LogP contribution in [0.15, 0.2) is 30.5 Å². The van der Waals surface area contributed by atoms with Crippen LogP contribution in [0.3, 0.4) is 0 Å². The van der Waals surface area contributed by atoms with Crippen LogP contribution in [0.1, 0.15) is 38.6 Å². The summed E-state index contributed by atoms with van der Waals surface area (Å²) in [6.45, 7) is 5.64. The van der Waals surface area contributed by atoms with E-state index in [2.05, 4.69) is 30.7 Å². The molecular weight excluding hydrogens is 310 g/mol. The summed E-state index contributed by atoms with van der Waals surface area (Å²) in [5, 5.41) is 0. The van der Waals surface area contributed by atoms with E-state index >= 15 is 0 Å². The third kappa shape index (κ3) is 4.98. The summed E-state index contributed by atoms with van der Waals surface area (Å²) in [5.41, 5.74) is 1.90. The first-order valence-corrected chi connectivity index (χ1v) is 8.23. The van der Waals surface area contributed by atoms with Gasteiger partial charge in [0.05, 0.1) is 18.0 Å².